The summed E-state index contributed by atoms with van der Waals surface area (Å²) in [6, 6.07) is 0.163. The Morgan fingerprint density at radius 2 is 1.88 bits per heavy atom. The highest BCUT2D eigenvalue weighted by atomic mass is 16.5. The van der Waals surface area contributed by atoms with Crippen LogP contribution in [0, 0.1) is 0 Å². The molecule has 2 heterocycles. The molecule has 1 aromatic heterocycles. The lowest BCUT2D eigenvalue weighted by molar-refractivity contribution is 0.177. The Labute approximate surface area is 143 Å². The zero-order valence-corrected chi connectivity index (χ0v) is 14.6. The third-order valence-corrected chi connectivity index (χ3v) is 4.94. The van der Waals surface area contributed by atoms with Gasteiger partial charge >= 0.3 is 6.03 Å². The van der Waals surface area contributed by atoms with Crippen LogP contribution in [-0.4, -0.2) is 33.9 Å². The number of hydrogen-bond acceptors (Lipinski definition) is 4. The van der Waals surface area contributed by atoms with E-state index in [1.165, 1.54) is 32.1 Å². The molecule has 1 saturated carbocycles. The topological polar surface area (TPSA) is 81.1 Å². The van der Waals surface area contributed by atoms with Crippen LogP contribution in [0.25, 0.3) is 0 Å². The SMILES string of the molecule is COCc1nc2n(n1)CCCC2NC(=O)NC1CCCCCCC1. The Kier molecular flexibility index (Phi) is 6.07. The Morgan fingerprint density at radius 1 is 1.12 bits per heavy atom. The van der Waals surface area contributed by atoms with Crippen LogP contribution in [0.5, 0.6) is 0 Å². The smallest absolute Gasteiger partial charge is 0.315 e. The first-order valence-corrected chi connectivity index (χ1v) is 9.26. The Bertz CT molecular complexity index is 537. The molecule has 1 aliphatic carbocycles. The third kappa shape index (κ3) is 4.47. The largest absolute Gasteiger partial charge is 0.377 e. The van der Waals surface area contributed by atoms with Crippen LogP contribution in [0.3, 0.4) is 0 Å². The molecule has 2 amide bonds. The summed E-state index contributed by atoms with van der Waals surface area (Å²) >= 11 is 0. The maximum atomic E-state index is 12.4. The quantitative estimate of drug-likeness (QED) is 0.886. The number of urea groups is 1. The van der Waals surface area contributed by atoms with Crippen molar-refractivity contribution >= 4 is 6.03 Å². The van der Waals surface area contributed by atoms with Gasteiger partial charge in [0.2, 0.25) is 0 Å². The van der Waals surface area contributed by atoms with Crippen molar-refractivity contribution in [2.24, 2.45) is 0 Å². The van der Waals surface area contributed by atoms with Gasteiger partial charge in [0.15, 0.2) is 5.82 Å². The van der Waals surface area contributed by atoms with Crippen molar-refractivity contribution < 1.29 is 9.53 Å². The molecule has 0 aromatic carbocycles. The van der Waals surface area contributed by atoms with E-state index in [1.807, 2.05) is 4.68 Å². The maximum Gasteiger partial charge on any atom is 0.315 e. The van der Waals surface area contributed by atoms with Gasteiger partial charge in [-0.2, -0.15) is 5.10 Å². The molecule has 3 rings (SSSR count). The van der Waals surface area contributed by atoms with Crippen molar-refractivity contribution in [1.29, 1.82) is 0 Å². The number of hydrogen-bond donors (Lipinski definition) is 2. The van der Waals surface area contributed by atoms with Crippen molar-refractivity contribution in [1.82, 2.24) is 25.4 Å². The van der Waals surface area contributed by atoms with Crippen molar-refractivity contribution in [3.63, 3.8) is 0 Å². The van der Waals surface area contributed by atoms with Gasteiger partial charge in [-0.15, -0.1) is 0 Å². The zero-order chi connectivity index (χ0) is 16.8. The molecule has 1 fully saturated rings. The fourth-order valence-electron chi connectivity index (χ4n) is 3.71. The summed E-state index contributed by atoms with van der Waals surface area (Å²) in [5.74, 6) is 1.53. The van der Waals surface area contributed by atoms with Crippen LogP contribution in [0.15, 0.2) is 0 Å². The number of carbonyl (C=O) groups excluding carboxylic acids is 1. The van der Waals surface area contributed by atoms with Crippen molar-refractivity contribution in [3.8, 4) is 0 Å². The van der Waals surface area contributed by atoms with E-state index in [4.69, 9.17) is 4.74 Å². The van der Waals surface area contributed by atoms with Gasteiger partial charge < -0.3 is 15.4 Å². The van der Waals surface area contributed by atoms with E-state index in [9.17, 15) is 4.79 Å². The number of ether oxygens (including phenoxy) is 1. The predicted molar refractivity (Wildman–Crippen MR) is 90.5 cm³/mol. The lowest BCUT2D eigenvalue weighted by Gasteiger charge is -2.26. The molecular formula is C17H29N5O2. The van der Waals surface area contributed by atoms with Crippen LogP contribution in [0.1, 0.15) is 75.5 Å². The second-order valence-electron chi connectivity index (χ2n) is 6.90. The second kappa shape index (κ2) is 8.46. The monoisotopic (exact) mass is 335 g/mol. The van der Waals surface area contributed by atoms with Gasteiger partial charge in [-0.25, -0.2) is 14.5 Å². The van der Waals surface area contributed by atoms with E-state index in [1.54, 1.807) is 7.11 Å². The van der Waals surface area contributed by atoms with Crippen LogP contribution < -0.4 is 10.6 Å². The van der Waals surface area contributed by atoms with E-state index in [2.05, 4.69) is 20.7 Å². The van der Waals surface area contributed by atoms with E-state index < -0.39 is 0 Å². The summed E-state index contributed by atoms with van der Waals surface area (Å²) in [4.78, 5) is 16.9. The molecule has 2 aliphatic rings. The molecule has 0 saturated heterocycles. The number of carbonyl (C=O) groups is 1. The zero-order valence-electron chi connectivity index (χ0n) is 14.6. The minimum atomic E-state index is -0.0738. The third-order valence-electron chi connectivity index (χ3n) is 4.94. The van der Waals surface area contributed by atoms with Crippen molar-refractivity contribution in [2.45, 2.75) is 83.0 Å². The molecule has 0 bridgehead atoms. The first-order chi connectivity index (χ1) is 11.8. The maximum absolute atomic E-state index is 12.4. The molecule has 0 spiro atoms. The van der Waals surface area contributed by atoms with Gasteiger partial charge in [-0.05, 0) is 25.7 Å². The molecule has 0 radical (unpaired) electrons. The highest BCUT2D eigenvalue weighted by Crippen LogP contribution is 2.23. The fraction of sp³-hybridized carbons (Fsp3) is 0.824. The summed E-state index contributed by atoms with van der Waals surface area (Å²) in [6.07, 6.45) is 10.4. The molecule has 2 N–H and O–H groups in total. The average Bonchev–Trinajstić information content (AvgIpc) is 2.94. The summed E-state index contributed by atoms with van der Waals surface area (Å²) in [5, 5.41) is 10.7. The predicted octanol–water partition coefficient (Wildman–Crippen LogP) is 2.67. The van der Waals surface area contributed by atoms with Gasteiger partial charge in [0.25, 0.3) is 0 Å². The lowest BCUT2D eigenvalue weighted by atomic mass is 9.97. The van der Waals surface area contributed by atoms with Crippen LogP contribution in [0.4, 0.5) is 4.79 Å². The fourth-order valence-corrected chi connectivity index (χ4v) is 3.71. The second-order valence-corrected chi connectivity index (χ2v) is 6.90. The molecular weight excluding hydrogens is 306 g/mol. The average molecular weight is 335 g/mol. The number of nitrogens with one attached hydrogen (secondary N) is 2. The van der Waals surface area contributed by atoms with E-state index >= 15 is 0 Å². The molecule has 7 heteroatoms. The van der Waals surface area contributed by atoms with Crippen LogP contribution in [0.2, 0.25) is 0 Å². The Hall–Kier alpha value is -1.63. The van der Waals surface area contributed by atoms with Gasteiger partial charge in [-0.1, -0.05) is 32.1 Å². The molecule has 24 heavy (non-hydrogen) atoms. The van der Waals surface area contributed by atoms with Gasteiger partial charge in [0.05, 0.1) is 6.04 Å². The minimum absolute atomic E-state index is 0.0644. The molecule has 134 valence electrons. The molecule has 1 unspecified atom stereocenters. The number of fused-ring (bicyclic) bond motifs is 1. The first kappa shape index (κ1) is 17.2. The highest BCUT2D eigenvalue weighted by Gasteiger charge is 2.26. The number of amides is 2. The Balaban J connectivity index is 1.56. The summed E-state index contributed by atoms with van der Waals surface area (Å²) in [5.41, 5.74) is 0. The van der Waals surface area contributed by atoms with E-state index in [-0.39, 0.29) is 12.1 Å². The van der Waals surface area contributed by atoms with Crippen molar-refractivity contribution in [2.75, 3.05) is 7.11 Å². The number of aromatic nitrogens is 3. The number of aryl methyl sites for hydroxylation is 1. The normalized spacial score (nSPS) is 22.3. The van der Waals surface area contributed by atoms with Crippen LogP contribution >= 0.6 is 0 Å². The number of nitrogens with zero attached hydrogens (tertiary/aromatic N) is 3. The van der Waals surface area contributed by atoms with Crippen LogP contribution in [-0.2, 0) is 17.9 Å². The summed E-state index contributed by atoms with van der Waals surface area (Å²) in [7, 11) is 1.64. The molecule has 7 nitrogen and oxygen atoms in total. The van der Waals surface area contributed by atoms with Crippen molar-refractivity contribution in [3.05, 3.63) is 11.6 Å². The first-order valence-electron chi connectivity index (χ1n) is 9.26. The van der Waals surface area contributed by atoms with Gasteiger partial charge in [0, 0.05) is 19.7 Å². The number of methoxy groups -OCH3 is 1. The van der Waals surface area contributed by atoms with Gasteiger partial charge in [-0.3, -0.25) is 0 Å². The molecule has 1 aromatic rings. The lowest BCUT2D eigenvalue weighted by Crippen LogP contribution is -2.44. The molecule has 1 aliphatic heterocycles. The van der Waals surface area contributed by atoms with Gasteiger partial charge in [0.1, 0.15) is 12.4 Å². The summed E-state index contributed by atoms with van der Waals surface area (Å²) < 4.78 is 7.01. The molecule has 1 atom stereocenters. The number of rotatable bonds is 4. The standard InChI is InChI=1S/C17H29N5O2/c1-24-12-15-20-16-14(10-7-11-22(16)21-15)19-17(23)18-13-8-5-3-2-4-6-9-13/h13-14H,2-12H2,1H3,(H2,18,19,23). The highest BCUT2D eigenvalue weighted by molar-refractivity contribution is 5.74. The minimum Gasteiger partial charge on any atom is -0.377 e. The Morgan fingerprint density at radius 3 is 2.62 bits per heavy atom. The summed E-state index contributed by atoms with van der Waals surface area (Å²) in [6.45, 7) is 1.26. The van der Waals surface area contributed by atoms with E-state index in [0.717, 1.165) is 38.1 Å². The van der Waals surface area contributed by atoms with E-state index in [0.29, 0.717) is 18.5 Å².